The molecule has 1 unspecified atom stereocenters. The summed E-state index contributed by atoms with van der Waals surface area (Å²) in [6.45, 7) is 3.53. The average molecular weight is 318 g/mol. The molecule has 3 nitrogen and oxygen atoms in total. The maximum atomic E-state index is 5.95. The molecule has 3 rings (SSSR count). The zero-order chi connectivity index (χ0) is 15.4. The van der Waals surface area contributed by atoms with Crippen LogP contribution in [-0.4, -0.2) is 31.7 Å². The predicted molar refractivity (Wildman–Crippen MR) is 88.4 cm³/mol. The lowest BCUT2D eigenvalue weighted by Gasteiger charge is -2.33. The van der Waals surface area contributed by atoms with Gasteiger partial charge in [-0.25, -0.2) is 0 Å². The maximum Gasteiger partial charge on any atom is 0.118 e. The molecule has 1 saturated heterocycles. The van der Waals surface area contributed by atoms with Crippen LogP contribution in [0, 0.1) is 0 Å². The van der Waals surface area contributed by atoms with Crippen molar-refractivity contribution in [3.63, 3.8) is 0 Å². The topological polar surface area (TPSA) is 21.7 Å². The summed E-state index contributed by atoms with van der Waals surface area (Å²) in [5.74, 6) is 0.893. The first-order valence-corrected chi connectivity index (χ1v) is 7.85. The van der Waals surface area contributed by atoms with E-state index in [2.05, 4.69) is 17.0 Å². The Hall–Kier alpha value is -1.55. The number of hydrogen-bond acceptors (Lipinski definition) is 3. The number of halogens is 1. The van der Waals surface area contributed by atoms with E-state index < -0.39 is 0 Å². The molecular weight excluding hydrogens is 298 g/mol. The monoisotopic (exact) mass is 317 g/mol. The molecular formula is C18H20ClNO2. The van der Waals surface area contributed by atoms with Crippen molar-refractivity contribution in [2.24, 2.45) is 0 Å². The molecule has 1 aliphatic heterocycles. The lowest BCUT2D eigenvalue weighted by Crippen LogP contribution is -2.37. The molecule has 1 fully saturated rings. The van der Waals surface area contributed by atoms with Gasteiger partial charge in [-0.1, -0.05) is 35.9 Å². The molecule has 2 aromatic rings. The summed E-state index contributed by atoms with van der Waals surface area (Å²) in [4.78, 5) is 2.42. The van der Waals surface area contributed by atoms with Crippen molar-refractivity contribution in [3.8, 4) is 5.75 Å². The molecule has 1 heterocycles. The quantitative estimate of drug-likeness (QED) is 0.853. The molecule has 1 atom stereocenters. The lowest BCUT2D eigenvalue weighted by atomic mass is 10.1. The molecule has 4 heteroatoms. The van der Waals surface area contributed by atoms with Gasteiger partial charge in [-0.15, -0.1) is 0 Å². The van der Waals surface area contributed by atoms with Crippen molar-refractivity contribution in [2.75, 3.05) is 26.8 Å². The van der Waals surface area contributed by atoms with Gasteiger partial charge in [0.15, 0.2) is 0 Å². The molecule has 2 aromatic carbocycles. The van der Waals surface area contributed by atoms with E-state index in [-0.39, 0.29) is 6.10 Å². The third-order valence-corrected chi connectivity index (χ3v) is 4.21. The number of hydrogen-bond donors (Lipinski definition) is 0. The fourth-order valence-electron chi connectivity index (χ4n) is 2.71. The van der Waals surface area contributed by atoms with Gasteiger partial charge in [-0.3, -0.25) is 4.90 Å². The highest BCUT2D eigenvalue weighted by atomic mass is 35.5. The van der Waals surface area contributed by atoms with E-state index in [1.807, 2.05) is 36.4 Å². The van der Waals surface area contributed by atoms with Gasteiger partial charge >= 0.3 is 0 Å². The van der Waals surface area contributed by atoms with Crippen molar-refractivity contribution >= 4 is 11.6 Å². The summed E-state index contributed by atoms with van der Waals surface area (Å²) >= 11 is 5.95. The fraction of sp³-hybridized carbons (Fsp3) is 0.333. The van der Waals surface area contributed by atoms with E-state index in [4.69, 9.17) is 21.1 Å². The first-order valence-electron chi connectivity index (χ1n) is 7.47. The SMILES string of the molecule is COc1ccc(CN2CCOC(c3ccc(Cl)cc3)C2)cc1. The molecule has 0 saturated carbocycles. The number of rotatable bonds is 4. The third-order valence-electron chi connectivity index (χ3n) is 3.96. The van der Waals surface area contributed by atoms with Crippen molar-refractivity contribution in [1.82, 2.24) is 4.90 Å². The summed E-state index contributed by atoms with van der Waals surface area (Å²) in [5, 5.41) is 0.759. The lowest BCUT2D eigenvalue weighted by molar-refractivity contribution is -0.0329. The van der Waals surface area contributed by atoms with Crippen LogP contribution in [0.2, 0.25) is 5.02 Å². The Labute approximate surface area is 136 Å². The van der Waals surface area contributed by atoms with Crippen LogP contribution in [0.1, 0.15) is 17.2 Å². The second kappa shape index (κ2) is 7.14. The molecule has 0 bridgehead atoms. The van der Waals surface area contributed by atoms with E-state index in [1.165, 1.54) is 11.1 Å². The van der Waals surface area contributed by atoms with Crippen LogP contribution >= 0.6 is 11.6 Å². The second-order valence-corrected chi connectivity index (χ2v) is 5.93. The second-order valence-electron chi connectivity index (χ2n) is 5.49. The Morgan fingerprint density at radius 2 is 1.86 bits per heavy atom. The molecule has 0 amide bonds. The van der Waals surface area contributed by atoms with Crippen LogP contribution in [-0.2, 0) is 11.3 Å². The molecule has 22 heavy (non-hydrogen) atoms. The van der Waals surface area contributed by atoms with Gasteiger partial charge in [0, 0.05) is 24.7 Å². The van der Waals surface area contributed by atoms with E-state index in [0.717, 1.165) is 37.0 Å². The van der Waals surface area contributed by atoms with E-state index in [9.17, 15) is 0 Å². The Kier molecular flexibility index (Phi) is 4.98. The van der Waals surface area contributed by atoms with Crippen LogP contribution in [0.3, 0.4) is 0 Å². The van der Waals surface area contributed by atoms with Gasteiger partial charge in [-0.2, -0.15) is 0 Å². The van der Waals surface area contributed by atoms with Gasteiger partial charge in [-0.05, 0) is 35.4 Å². The van der Waals surface area contributed by atoms with Gasteiger partial charge in [0.2, 0.25) is 0 Å². The smallest absolute Gasteiger partial charge is 0.118 e. The summed E-state index contributed by atoms with van der Waals surface area (Å²) in [6.07, 6.45) is 0.115. The summed E-state index contributed by atoms with van der Waals surface area (Å²) in [7, 11) is 1.69. The van der Waals surface area contributed by atoms with Crippen molar-refractivity contribution < 1.29 is 9.47 Å². The van der Waals surface area contributed by atoms with Crippen LogP contribution in [0.4, 0.5) is 0 Å². The van der Waals surface area contributed by atoms with Gasteiger partial charge in [0.1, 0.15) is 5.75 Å². The molecule has 116 valence electrons. The van der Waals surface area contributed by atoms with Crippen LogP contribution in [0.15, 0.2) is 48.5 Å². The van der Waals surface area contributed by atoms with E-state index in [0.29, 0.717) is 0 Å². The van der Waals surface area contributed by atoms with Crippen molar-refractivity contribution in [1.29, 1.82) is 0 Å². The molecule has 1 aliphatic rings. The Morgan fingerprint density at radius 1 is 1.14 bits per heavy atom. The number of methoxy groups -OCH3 is 1. The highest BCUT2D eigenvalue weighted by Gasteiger charge is 2.21. The third kappa shape index (κ3) is 3.80. The molecule has 0 aromatic heterocycles. The van der Waals surface area contributed by atoms with Crippen LogP contribution in [0.25, 0.3) is 0 Å². The fourth-order valence-corrected chi connectivity index (χ4v) is 2.84. The van der Waals surface area contributed by atoms with E-state index in [1.54, 1.807) is 7.11 Å². The van der Waals surface area contributed by atoms with E-state index >= 15 is 0 Å². The summed E-state index contributed by atoms with van der Waals surface area (Å²) in [5.41, 5.74) is 2.47. The maximum absolute atomic E-state index is 5.95. The standard InChI is InChI=1S/C18H20ClNO2/c1-21-17-8-2-14(3-9-17)12-20-10-11-22-18(13-20)15-4-6-16(19)7-5-15/h2-9,18H,10-13H2,1H3. The first kappa shape index (κ1) is 15.3. The minimum atomic E-state index is 0.115. The Bertz CT molecular complexity index is 597. The number of morpholine rings is 1. The molecule has 0 radical (unpaired) electrons. The highest BCUT2D eigenvalue weighted by molar-refractivity contribution is 6.30. The summed E-state index contributed by atoms with van der Waals surface area (Å²) < 4.78 is 11.1. The zero-order valence-corrected chi connectivity index (χ0v) is 13.4. The minimum absolute atomic E-state index is 0.115. The van der Waals surface area contributed by atoms with Gasteiger partial charge in [0.05, 0.1) is 19.8 Å². The van der Waals surface area contributed by atoms with Crippen molar-refractivity contribution in [3.05, 3.63) is 64.7 Å². The predicted octanol–water partition coefficient (Wildman–Crippen LogP) is 3.92. The van der Waals surface area contributed by atoms with Crippen LogP contribution in [0.5, 0.6) is 5.75 Å². The highest BCUT2D eigenvalue weighted by Crippen LogP contribution is 2.24. The normalized spacial score (nSPS) is 19.1. The molecule has 0 N–H and O–H groups in total. The van der Waals surface area contributed by atoms with Crippen molar-refractivity contribution in [2.45, 2.75) is 12.6 Å². The Morgan fingerprint density at radius 3 is 2.55 bits per heavy atom. The minimum Gasteiger partial charge on any atom is -0.497 e. The van der Waals surface area contributed by atoms with Gasteiger partial charge < -0.3 is 9.47 Å². The first-order chi connectivity index (χ1) is 10.7. The summed E-state index contributed by atoms with van der Waals surface area (Å²) in [6, 6.07) is 16.2. The average Bonchev–Trinajstić information content (AvgIpc) is 2.56. The number of benzene rings is 2. The Balaban J connectivity index is 1.63. The number of nitrogens with zero attached hydrogens (tertiary/aromatic N) is 1. The molecule has 0 spiro atoms. The number of ether oxygens (including phenoxy) is 2. The van der Waals surface area contributed by atoms with Gasteiger partial charge in [0.25, 0.3) is 0 Å². The zero-order valence-electron chi connectivity index (χ0n) is 12.7. The van der Waals surface area contributed by atoms with Crippen LogP contribution < -0.4 is 4.74 Å². The molecule has 0 aliphatic carbocycles. The largest absolute Gasteiger partial charge is 0.497 e.